The average molecular weight is 543 g/mol. The van der Waals surface area contributed by atoms with Gasteiger partial charge in [-0.3, -0.25) is 14.6 Å². The third kappa shape index (κ3) is 5.39. The number of pyridine rings is 1. The number of hydrogen-bond donors (Lipinski definition) is 1. The lowest BCUT2D eigenvalue weighted by molar-refractivity contribution is -0.140. The van der Waals surface area contributed by atoms with Crippen LogP contribution in [0.1, 0.15) is 61.9 Å². The normalized spacial score (nSPS) is 19.4. The molecule has 0 aliphatic carbocycles. The number of aliphatic hydroxyl groups excluding tert-OH is 1. The predicted octanol–water partition coefficient (Wildman–Crippen LogP) is 5.60. The molecule has 8 heteroatoms. The van der Waals surface area contributed by atoms with E-state index in [1.807, 2.05) is 32.0 Å². The molecule has 2 aliphatic heterocycles. The minimum Gasteiger partial charge on any atom is -0.507 e. The Hall–Kier alpha value is -4.33. The van der Waals surface area contributed by atoms with Gasteiger partial charge < -0.3 is 24.2 Å². The molecule has 1 N–H and O–H groups in total. The second kappa shape index (κ2) is 11.8. The fourth-order valence-electron chi connectivity index (χ4n) is 5.21. The number of nitrogens with zero attached hydrogens (tertiary/aromatic N) is 2. The molecule has 3 heterocycles. The molecular weight excluding hydrogens is 508 g/mol. The van der Waals surface area contributed by atoms with Crippen LogP contribution in [0.2, 0.25) is 0 Å². The molecule has 5 rings (SSSR count). The van der Waals surface area contributed by atoms with Crippen LogP contribution in [0.25, 0.3) is 5.76 Å². The van der Waals surface area contributed by atoms with Gasteiger partial charge in [0.1, 0.15) is 17.6 Å². The van der Waals surface area contributed by atoms with Gasteiger partial charge in [-0.15, -0.1) is 0 Å². The number of Topliss-reactive ketones (excluding diaryl/α,β-unsaturated/α-hetero) is 1. The molecule has 208 valence electrons. The molecule has 1 aromatic heterocycles. The number of hydrogen-bond acceptors (Lipinski definition) is 7. The summed E-state index contributed by atoms with van der Waals surface area (Å²) in [5.74, 6) is 0.230. The van der Waals surface area contributed by atoms with Gasteiger partial charge in [0.25, 0.3) is 11.7 Å². The number of likely N-dealkylation sites (tertiary alicyclic amines) is 1. The third-order valence-electron chi connectivity index (χ3n) is 7.12. The first-order valence-electron chi connectivity index (χ1n) is 13.8. The van der Waals surface area contributed by atoms with Crippen molar-refractivity contribution in [1.29, 1.82) is 0 Å². The van der Waals surface area contributed by atoms with Gasteiger partial charge in [-0.05, 0) is 73.4 Å². The van der Waals surface area contributed by atoms with Gasteiger partial charge in [-0.25, -0.2) is 0 Å². The largest absolute Gasteiger partial charge is 0.507 e. The Bertz CT molecular complexity index is 1430. The third-order valence-corrected chi connectivity index (χ3v) is 7.12. The first-order valence-corrected chi connectivity index (χ1v) is 13.8. The lowest BCUT2D eigenvalue weighted by atomic mass is 9.94. The maximum Gasteiger partial charge on any atom is 0.295 e. The van der Waals surface area contributed by atoms with Crippen molar-refractivity contribution < 1.29 is 28.9 Å². The number of fused-ring (bicyclic) bond motifs is 1. The standard InChI is InChI=1S/C32H34N2O6/c1-4-6-14-39-26-12-9-22(17-27(26)38-5-2)29-28(30(35)23-10-11-25-24(16-23)15-20(3)40-25)31(36)32(37)34(29)19-21-8-7-13-33-18-21/h7-13,16-18,20,29,35H,4-6,14-15,19H2,1-3H3/b30-28+/t20-,29-/m1/s1. The van der Waals surface area contributed by atoms with Crippen LogP contribution in [-0.4, -0.2) is 46.0 Å². The zero-order chi connectivity index (χ0) is 28.2. The fourth-order valence-corrected chi connectivity index (χ4v) is 5.21. The summed E-state index contributed by atoms with van der Waals surface area (Å²) in [6.45, 7) is 7.07. The van der Waals surface area contributed by atoms with Crippen LogP contribution in [0.4, 0.5) is 0 Å². The number of ether oxygens (including phenoxy) is 3. The summed E-state index contributed by atoms with van der Waals surface area (Å²) in [5.41, 5.74) is 2.84. The molecule has 40 heavy (non-hydrogen) atoms. The number of ketones is 1. The number of carbonyl (C=O) groups is 2. The van der Waals surface area contributed by atoms with Crippen molar-refractivity contribution in [2.75, 3.05) is 13.2 Å². The second-order valence-electron chi connectivity index (χ2n) is 10.1. The van der Waals surface area contributed by atoms with E-state index in [0.29, 0.717) is 42.3 Å². The maximum absolute atomic E-state index is 13.5. The van der Waals surface area contributed by atoms with E-state index >= 15 is 0 Å². The lowest BCUT2D eigenvalue weighted by Gasteiger charge is -2.26. The summed E-state index contributed by atoms with van der Waals surface area (Å²) in [6, 6.07) is 13.5. The molecule has 8 nitrogen and oxygen atoms in total. The van der Waals surface area contributed by atoms with Gasteiger partial charge in [0.15, 0.2) is 11.5 Å². The summed E-state index contributed by atoms with van der Waals surface area (Å²) in [7, 11) is 0. The van der Waals surface area contributed by atoms with Gasteiger partial charge >= 0.3 is 0 Å². The fraction of sp³-hybridized carbons (Fsp3) is 0.344. The van der Waals surface area contributed by atoms with Gasteiger partial charge in [0.05, 0.1) is 24.8 Å². The Kier molecular flexibility index (Phi) is 8.05. The van der Waals surface area contributed by atoms with Crippen LogP contribution in [0.3, 0.4) is 0 Å². The summed E-state index contributed by atoms with van der Waals surface area (Å²) >= 11 is 0. The monoisotopic (exact) mass is 542 g/mol. The molecule has 1 amide bonds. The molecule has 2 atom stereocenters. The average Bonchev–Trinajstić information content (AvgIpc) is 3.45. The Morgan fingerprint density at radius 2 is 1.95 bits per heavy atom. The van der Waals surface area contributed by atoms with Crippen LogP contribution < -0.4 is 14.2 Å². The van der Waals surface area contributed by atoms with Crippen molar-refractivity contribution in [3.05, 3.63) is 88.8 Å². The molecule has 0 saturated carbocycles. The van der Waals surface area contributed by atoms with E-state index in [4.69, 9.17) is 14.2 Å². The molecule has 0 unspecified atom stereocenters. The van der Waals surface area contributed by atoms with Crippen LogP contribution in [-0.2, 0) is 22.6 Å². The smallest absolute Gasteiger partial charge is 0.295 e. The van der Waals surface area contributed by atoms with Crippen LogP contribution in [0, 0.1) is 0 Å². The molecule has 2 aliphatic rings. The van der Waals surface area contributed by atoms with Gasteiger partial charge in [0, 0.05) is 30.9 Å². The summed E-state index contributed by atoms with van der Waals surface area (Å²) in [6.07, 6.45) is 5.95. The van der Waals surface area contributed by atoms with E-state index in [1.54, 1.807) is 42.7 Å². The van der Waals surface area contributed by atoms with Crippen molar-refractivity contribution in [3.8, 4) is 17.2 Å². The van der Waals surface area contributed by atoms with E-state index in [1.165, 1.54) is 4.90 Å². The Morgan fingerprint density at radius 1 is 1.10 bits per heavy atom. The van der Waals surface area contributed by atoms with Crippen LogP contribution >= 0.6 is 0 Å². The van der Waals surface area contributed by atoms with E-state index in [9.17, 15) is 14.7 Å². The number of unbranched alkanes of at least 4 members (excludes halogenated alkanes) is 1. The minimum absolute atomic E-state index is 0.0305. The van der Waals surface area contributed by atoms with Crippen LogP contribution in [0.5, 0.6) is 17.2 Å². The van der Waals surface area contributed by atoms with E-state index < -0.39 is 17.7 Å². The molecule has 2 aromatic carbocycles. The van der Waals surface area contributed by atoms with Crippen molar-refractivity contribution in [1.82, 2.24) is 9.88 Å². The highest BCUT2D eigenvalue weighted by molar-refractivity contribution is 6.46. The van der Waals surface area contributed by atoms with E-state index in [2.05, 4.69) is 11.9 Å². The quantitative estimate of drug-likeness (QED) is 0.154. The zero-order valence-corrected chi connectivity index (χ0v) is 23.1. The second-order valence-corrected chi connectivity index (χ2v) is 10.1. The Balaban J connectivity index is 1.61. The van der Waals surface area contributed by atoms with E-state index in [-0.39, 0.29) is 24.0 Å². The van der Waals surface area contributed by atoms with Gasteiger partial charge in [0.2, 0.25) is 0 Å². The number of aliphatic hydroxyl groups is 1. The highest BCUT2D eigenvalue weighted by atomic mass is 16.5. The lowest BCUT2D eigenvalue weighted by Crippen LogP contribution is -2.29. The number of carbonyl (C=O) groups excluding carboxylic acids is 2. The van der Waals surface area contributed by atoms with Gasteiger partial charge in [-0.1, -0.05) is 25.5 Å². The summed E-state index contributed by atoms with van der Waals surface area (Å²) in [5, 5.41) is 11.6. The SMILES string of the molecule is CCCCOc1ccc([C@@H]2/C(=C(\O)c3ccc4c(c3)C[C@@H](C)O4)C(=O)C(=O)N2Cc2cccnc2)cc1OCC. The highest BCUT2D eigenvalue weighted by Crippen LogP contribution is 2.43. The molecule has 3 aromatic rings. The molecule has 1 saturated heterocycles. The number of benzene rings is 2. The maximum atomic E-state index is 13.5. The Labute approximate surface area is 234 Å². The minimum atomic E-state index is -0.840. The van der Waals surface area contributed by atoms with Crippen molar-refractivity contribution in [3.63, 3.8) is 0 Å². The van der Waals surface area contributed by atoms with Crippen molar-refractivity contribution in [2.24, 2.45) is 0 Å². The topological polar surface area (TPSA) is 98.2 Å². The van der Waals surface area contributed by atoms with Crippen molar-refractivity contribution in [2.45, 2.75) is 58.7 Å². The first-order chi connectivity index (χ1) is 19.4. The summed E-state index contributed by atoms with van der Waals surface area (Å²) in [4.78, 5) is 32.6. The Morgan fingerprint density at radius 3 is 2.70 bits per heavy atom. The van der Waals surface area contributed by atoms with Crippen LogP contribution in [0.15, 0.2) is 66.5 Å². The number of amides is 1. The highest BCUT2D eigenvalue weighted by Gasteiger charge is 2.46. The number of rotatable bonds is 10. The molecule has 1 fully saturated rings. The molecular formula is C32H34N2O6. The molecule has 0 radical (unpaired) electrons. The van der Waals surface area contributed by atoms with E-state index in [0.717, 1.165) is 29.7 Å². The molecule has 0 spiro atoms. The summed E-state index contributed by atoms with van der Waals surface area (Å²) < 4.78 is 17.7. The van der Waals surface area contributed by atoms with Gasteiger partial charge in [-0.2, -0.15) is 0 Å². The predicted molar refractivity (Wildman–Crippen MR) is 150 cm³/mol. The first kappa shape index (κ1) is 27.2. The zero-order valence-electron chi connectivity index (χ0n) is 23.1. The number of aromatic nitrogens is 1. The van der Waals surface area contributed by atoms with Crippen molar-refractivity contribution >= 4 is 17.4 Å². The molecule has 0 bridgehead atoms.